The van der Waals surface area contributed by atoms with Crippen LogP contribution < -0.4 is 0 Å². The van der Waals surface area contributed by atoms with Gasteiger partial charge in [-0.15, -0.1) is 0 Å². The lowest BCUT2D eigenvalue weighted by molar-refractivity contribution is -0.161. The normalized spacial score (nSPS) is 26.3. The molecule has 0 saturated carbocycles. The van der Waals surface area contributed by atoms with Crippen LogP contribution in [0.2, 0.25) is 0 Å². The van der Waals surface area contributed by atoms with Crippen molar-refractivity contribution in [3.63, 3.8) is 0 Å². The second-order valence-corrected chi connectivity index (χ2v) is 19.4. The molecule has 0 unspecified atom stereocenters. The molecule has 276 valence electrons. The fraction of sp³-hybridized carbons (Fsp3) is 0.622. The molecule has 0 bridgehead atoms. The van der Waals surface area contributed by atoms with Gasteiger partial charge in [-0.05, 0) is 64.6 Å². The zero-order valence-electron chi connectivity index (χ0n) is 27.4. The molecule has 1 amide bonds. The van der Waals surface area contributed by atoms with Crippen molar-refractivity contribution in [1.82, 2.24) is 19.6 Å². The quantitative estimate of drug-likeness (QED) is 0.239. The van der Waals surface area contributed by atoms with E-state index in [4.69, 9.17) is 39.6 Å². The monoisotopic (exact) mass is 756 g/mol. The summed E-state index contributed by atoms with van der Waals surface area (Å²) < 4.78 is 11.6. The van der Waals surface area contributed by atoms with Crippen LogP contribution in [0.25, 0.3) is 0 Å². The molecule has 4 saturated heterocycles. The van der Waals surface area contributed by atoms with Crippen molar-refractivity contribution in [3.05, 3.63) is 71.8 Å². The summed E-state index contributed by atoms with van der Waals surface area (Å²) in [6.07, 6.45) is 3.00. The number of halogens is 3. The Balaban J connectivity index is 0.000000420. The Morgan fingerprint density at radius 2 is 1.18 bits per heavy atom. The van der Waals surface area contributed by atoms with E-state index in [1.807, 2.05) is 44.4 Å². The molecule has 8 nitrogen and oxygen atoms in total. The number of ketones is 1. The van der Waals surface area contributed by atoms with Gasteiger partial charge < -0.3 is 24.2 Å². The number of amides is 1. The third kappa shape index (κ3) is 13.1. The van der Waals surface area contributed by atoms with Crippen LogP contribution in [0.4, 0.5) is 0 Å². The average molecular weight is 758 g/mol. The van der Waals surface area contributed by atoms with Crippen molar-refractivity contribution in [3.8, 4) is 0 Å². The third-order valence-electron chi connectivity index (χ3n) is 9.65. The number of hydrogen-bond donors (Lipinski definition) is 0. The molecule has 49 heavy (non-hydrogen) atoms. The molecule has 0 radical (unpaired) electrons. The topological polar surface area (TPSA) is 65.6 Å². The van der Waals surface area contributed by atoms with E-state index < -0.39 is 11.4 Å². The van der Waals surface area contributed by atoms with Gasteiger partial charge in [0.2, 0.25) is 5.78 Å². The number of Topliss-reactive ketones (excluding diaryl/α,β-unsaturated/α-hetero) is 1. The molecule has 6 rings (SSSR count). The standard InChI is InChI=1S/C17H22N2O3.C17H26N2O.3CH4.Al.3ClH/c1-18(2)14-10-22-11-15-13(14)8-16(20)17(21)19(15)9-12-6-4-3-5-7-12;1-18(2)16-12-20-13-17-15(16)9-6-10-19(17)11-14-7-4-3-5-8-14;;;;;;;/h3-7,13-15H,8-11H2,1-2H3;3-5,7-8,15-17H,6,9-13H2,1-2H3;3*1H4;;3*1H/q;;;;;+3;;;/p-3/t13-,14+,15-;15-,16+,17-;;;;;;;/m11......./s1. The Morgan fingerprint density at radius 3 is 1.69 bits per heavy atom. The minimum atomic E-state index is -1.72. The van der Waals surface area contributed by atoms with Crippen LogP contribution in [-0.4, -0.2) is 128 Å². The molecule has 0 aliphatic carbocycles. The summed E-state index contributed by atoms with van der Waals surface area (Å²) in [6, 6.07) is 21.9. The first-order chi connectivity index (χ1) is 22.1. The van der Waals surface area contributed by atoms with E-state index in [-0.39, 0.29) is 52.0 Å². The molecule has 4 aliphatic rings. The van der Waals surface area contributed by atoms with Gasteiger partial charge in [0.15, 0.2) is 0 Å². The predicted octanol–water partition coefficient (Wildman–Crippen LogP) is 6.76. The zero-order chi connectivity index (χ0) is 33.2. The number of piperidine rings is 2. The Morgan fingerprint density at radius 1 is 0.714 bits per heavy atom. The highest BCUT2D eigenvalue weighted by Gasteiger charge is 2.47. The summed E-state index contributed by atoms with van der Waals surface area (Å²) in [7, 11) is 23.2. The summed E-state index contributed by atoms with van der Waals surface area (Å²) in [6.45, 7) is 5.67. The molecule has 2 aromatic carbocycles. The van der Waals surface area contributed by atoms with E-state index in [1.165, 1.54) is 24.9 Å². The van der Waals surface area contributed by atoms with Gasteiger partial charge in [-0.25, -0.2) is 30.1 Å². The lowest BCUT2D eigenvalue weighted by Gasteiger charge is -2.49. The number of nitrogens with zero attached hydrogens (tertiary/aromatic N) is 4. The Kier molecular flexibility index (Phi) is 21.2. The number of likely N-dealkylation sites (N-methyl/N-ethyl adjacent to an activating group) is 2. The summed E-state index contributed by atoms with van der Waals surface area (Å²) in [4.78, 5) is 33.3. The lowest BCUT2D eigenvalue weighted by atomic mass is 9.80. The van der Waals surface area contributed by atoms with Crippen molar-refractivity contribution in [2.75, 3.05) is 61.2 Å². The van der Waals surface area contributed by atoms with Crippen molar-refractivity contribution >= 4 is 53.2 Å². The molecule has 0 spiro atoms. The highest BCUT2D eigenvalue weighted by Crippen LogP contribution is 2.34. The number of likely N-dealkylation sites (tertiary alicyclic amines) is 2. The van der Waals surface area contributed by atoms with E-state index in [0.29, 0.717) is 38.3 Å². The first-order valence-corrected chi connectivity index (χ1v) is 21.4. The second-order valence-electron chi connectivity index (χ2n) is 13.0. The minimum Gasteiger partial charge on any atom is -0.378 e. The fourth-order valence-electron chi connectivity index (χ4n) is 7.34. The van der Waals surface area contributed by atoms with E-state index in [1.54, 1.807) is 4.90 Å². The molecule has 4 heterocycles. The van der Waals surface area contributed by atoms with Crippen molar-refractivity contribution in [2.45, 2.75) is 78.8 Å². The summed E-state index contributed by atoms with van der Waals surface area (Å²) >= 11 is -1.72. The summed E-state index contributed by atoms with van der Waals surface area (Å²) in [5.41, 5.74) is 2.46. The lowest BCUT2D eigenvalue weighted by Crippen LogP contribution is -2.62. The van der Waals surface area contributed by atoms with Crippen LogP contribution in [0.15, 0.2) is 60.7 Å². The second kappa shape index (κ2) is 22.7. The van der Waals surface area contributed by atoms with Crippen LogP contribution in [0.3, 0.4) is 0 Å². The number of carbonyl (C=O) groups is 2. The third-order valence-corrected chi connectivity index (χ3v) is 9.65. The van der Waals surface area contributed by atoms with Crippen molar-refractivity contribution < 1.29 is 19.1 Å². The molecule has 2 aromatic rings. The number of ether oxygens (including phenoxy) is 2. The predicted molar refractivity (Wildman–Crippen MR) is 207 cm³/mol. The number of hydrogen-bond acceptors (Lipinski definition) is 7. The molecular formula is C37H60AlCl3N4O4. The molecule has 4 fully saturated rings. The van der Waals surface area contributed by atoms with Gasteiger partial charge in [-0.2, -0.15) is 0 Å². The van der Waals surface area contributed by atoms with Gasteiger partial charge in [0.05, 0.1) is 32.5 Å². The molecule has 12 heteroatoms. The maximum atomic E-state index is 12.4. The van der Waals surface area contributed by atoms with Crippen molar-refractivity contribution in [2.24, 2.45) is 11.8 Å². The molecule has 0 N–H and O–H groups in total. The highest BCUT2D eigenvalue weighted by atomic mass is 35.8. The van der Waals surface area contributed by atoms with Crippen LogP contribution in [0, 0.1) is 11.8 Å². The molecule has 4 aliphatic heterocycles. The summed E-state index contributed by atoms with van der Waals surface area (Å²) in [5.74, 6) is 0.271. The Bertz CT molecular complexity index is 1230. The number of rotatable bonds is 6. The van der Waals surface area contributed by atoms with Crippen LogP contribution >= 0.6 is 30.1 Å². The Labute approximate surface area is 313 Å². The van der Waals surface area contributed by atoms with E-state index in [0.717, 1.165) is 31.2 Å². The van der Waals surface area contributed by atoms with E-state index >= 15 is 0 Å². The molecule has 6 atom stereocenters. The summed E-state index contributed by atoms with van der Waals surface area (Å²) in [5, 5.41) is 0. The largest absolute Gasteiger partial charge is 0.643 e. The smallest absolute Gasteiger partial charge is 0.378 e. The zero-order valence-corrected chi connectivity index (χ0v) is 30.9. The van der Waals surface area contributed by atoms with Gasteiger partial charge in [0, 0.05) is 43.6 Å². The number of carbonyl (C=O) groups excluding carboxylic acids is 2. The van der Waals surface area contributed by atoms with Crippen LogP contribution in [-0.2, 0) is 32.2 Å². The maximum absolute atomic E-state index is 12.4. The van der Waals surface area contributed by atoms with Gasteiger partial charge in [0.25, 0.3) is 5.91 Å². The first kappa shape index (κ1) is 45.8. The molecular weight excluding hydrogens is 698 g/mol. The highest BCUT2D eigenvalue weighted by molar-refractivity contribution is 7.54. The first-order valence-electron chi connectivity index (χ1n) is 16.1. The van der Waals surface area contributed by atoms with Gasteiger partial charge >= 0.3 is 11.4 Å². The number of fused-ring (bicyclic) bond motifs is 2. The van der Waals surface area contributed by atoms with Crippen LogP contribution in [0.1, 0.15) is 52.7 Å². The fourth-order valence-corrected chi connectivity index (χ4v) is 7.34. The maximum Gasteiger partial charge on any atom is 0.643 e. The number of benzene rings is 2. The van der Waals surface area contributed by atoms with E-state index in [2.05, 4.69) is 59.1 Å². The van der Waals surface area contributed by atoms with Gasteiger partial charge in [-0.3, -0.25) is 14.5 Å². The minimum absolute atomic E-state index is 0. The van der Waals surface area contributed by atoms with Gasteiger partial charge in [0.1, 0.15) is 0 Å². The van der Waals surface area contributed by atoms with Crippen molar-refractivity contribution in [1.29, 1.82) is 0 Å². The van der Waals surface area contributed by atoms with Gasteiger partial charge in [-0.1, -0.05) is 82.9 Å². The SMILES string of the molecule is C.C.C.CN(C)[C@H]1COC[C@@H]2[C@@H]1CC(=O)C(=O)N2Cc1ccccc1.CN(C)[C@H]1COC[C@@H]2[C@@H]1CCCN2Cc1ccccc1.[Cl][Al]([Cl])[Cl]. The van der Waals surface area contributed by atoms with E-state index in [9.17, 15) is 9.59 Å². The van der Waals surface area contributed by atoms with Crippen LogP contribution in [0.5, 0.6) is 0 Å². The Hall–Kier alpha value is -1.22. The molecule has 0 aromatic heterocycles. The average Bonchev–Trinajstić information content (AvgIpc) is 3.04.